The number of hydrogen-bond acceptors (Lipinski definition) is 6. The molecule has 1 amide bonds. The highest BCUT2D eigenvalue weighted by molar-refractivity contribution is 5.89. The van der Waals surface area contributed by atoms with Gasteiger partial charge in [0.25, 0.3) is 11.7 Å². The van der Waals surface area contributed by atoms with Gasteiger partial charge in [0, 0.05) is 19.0 Å². The molecule has 2 rings (SSSR count). The lowest BCUT2D eigenvalue weighted by molar-refractivity contribution is -0.114. The average Bonchev–Trinajstić information content (AvgIpc) is 2.74. The molecule has 0 atom stereocenters. The van der Waals surface area contributed by atoms with Crippen molar-refractivity contribution < 1.29 is 14.1 Å². The summed E-state index contributed by atoms with van der Waals surface area (Å²) in [5.41, 5.74) is 0.207. The normalized spacial score (nSPS) is 17.6. The average molecular weight is 254 g/mol. The van der Waals surface area contributed by atoms with Crippen LogP contribution in [0.25, 0.3) is 0 Å². The molecule has 2 heterocycles. The van der Waals surface area contributed by atoms with E-state index in [0.717, 1.165) is 19.8 Å². The van der Waals surface area contributed by atoms with Crippen molar-refractivity contribution in [2.24, 2.45) is 5.41 Å². The summed E-state index contributed by atoms with van der Waals surface area (Å²) < 4.78 is 10.2. The largest absolute Gasteiger partial charge is 0.380 e. The Hall–Kier alpha value is -1.47. The minimum Gasteiger partial charge on any atom is -0.380 e. The Morgan fingerprint density at radius 1 is 1.56 bits per heavy atom. The first kappa shape index (κ1) is 13.0. The summed E-state index contributed by atoms with van der Waals surface area (Å²) in [5, 5.41) is 6.07. The van der Waals surface area contributed by atoms with Crippen LogP contribution in [0.2, 0.25) is 0 Å². The van der Waals surface area contributed by atoms with Crippen LogP contribution in [0.3, 0.4) is 0 Å². The molecule has 7 nitrogen and oxygen atoms in total. The number of nitrogens with zero attached hydrogens (tertiary/aromatic N) is 3. The predicted octanol–water partition coefficient (Wildman–Crippen LogP) is -0.102. The van der Waals surface area contributed by atoms with E-state index in [9.17, 15) is 4.79 Å². The molecule has 100 valence electrons. The second-order valence-corrected chi connectivity index (χ2v) is 5.07. The third kappa shape index (κ3) is 2.85. The summed E-state index contributed by atoms with van der Waals surface area (Å²) in [7, 11) is 3.51. The quantitative estimate of drug-likeness (QED) is 0.790. The Morgan fingerprint density at radius 3 is 2.83 bits per heavy atom. The van der Waals surface area contributed by atoms with Crippen molar-refractivity contribution in [3.05, 3.63) is 11.7 Å². The molecule has 18 heavy (non-hydrogen) atoms. The molecule has 0 saturated carbocycles. The van der Waals surface area contributed by atoms with E-state index in [0.29, 0.717) is 12.4 Å². The Kier molecular flexibility index (Phi) is 3.63. The van der Waals surface area contributed by atoms with Gasteiger partial charge in [0.2, 0.25) is 5.89 Å². The van der Waals surface area contributed by atoms with Crippen molar-refractivity contribution >= 4 is 5.91 Å². The number of carbonyl (C=O) groups is 1. The molecule has 0 bridgehead atoms. The van der Waals surface area contributed by atoms with Gasteiger partial charge in [0.1, 0.15) is 0 Å². The number of hydrogen-bond donors (Lipinski definition) is 1. The zero-order chi connectivity index (χ0) is 13.2. The van der Waals surface area contributed by atoms with Crippen molar-refractivity contribution in [1.29, 1.82) is 0 Å². The molecule has 0 radical (unpaired) electrons. The van der Waals surface area contributed by atoms with E-state index in [1.807, 2.05) is 7.05 Å². The highest BCUT2D eigenvalue weighted by atomic mass is 16.5. The number of aromatic nitrogens is 2. The van der Waals surface area contributed by atoms with Crippen molar-refractivity contribution in [2.75, 3.05) is 33.9 Å². The fourth-order valence-corrected chi connectivity index (χ4v) is 2.00. The van der Waals surface area contributed by atoms with Gasteiger partial charge in [-0.2, -0.15) is 4.98 Å². The third-order valence-corrected chi connectivity index (χ3v) is 2.86. The minimum absolute atomic E-state index is 0.0686. The lowest BCUT2D eigenvalue weighted by Gasteiger charge is -2.40. The summed E-state index contributed by atoms with van der Waals surface area (Å²) in [6.07, 6.45) is 0. The van der Waals surface area contributed by atoms with E-state index in [1.165, 1.54) is 7.05 Å². The first-order valence-corrected chi connectivity index (χ1v) is 5.83. The van der Waals surface area contributed by atoms with Crippen molar-refractivity contribution in [3.63, 3.8) is 0 Å². The van der Waals surface area contributed by atoms with Gasteiger partial charge in [0.05, 0.1) is 19.8 Å². The maximum Gasteiger partial charge on any atom is 0.292 e. The number of nitrogens with one attached hydrogen (secondary N) is 1. The van der Waals surface area contributed by atoms with Crippen LogP contribution in [0.4, 0.5) is 0 Å². The summed E-state index contributed by atoms with van der Waals surface area (Å²) >= 11 is 0. The van der Waals surface area contributed by atoms with Gasteiger partial charge in [-0.3, -0.25) is 9.69 Å². The SMILES string of the molecule is CNC(=O)c1noc(CN(C)CC2(C)COC2)n1. The second kappa shape index (κ2) is 5.03. The van der Waals surface area contributed by atoms with E-state index >= 15 is 0 Å². The fourth-order valence-electron chi connectivity index (χ4n) is 2.00. The van der Waals surface area contributed by atoms with Crippen molar-refractivity contribution in [1.82, 2.24) is 20.4 Å². The molecule has 1 aliphatic rings. The Bertz CT molecular complexity index is 428. The fraction of sp³-hybridized carbons (Fsp3) is 0.727. The molecule has 1 aliphatic heterocycles. The van der Waals surface area contributed by atoms with E-state index in [4.69, 9.17) is 9.26 Å². The standard InChI is InChI=1S/C11H18N4O3/c1-11(6-17-7-11)5-15(3)4-8-13-9(14-18-8)10(16)12-2/h4-7H2,1-3H3,(H,12,16). The van der Waals surface area contributed by atoms with Gasteiger partial charge in [-0.1, -0.05) is 12.1 Å². The monoisotopic (exact) mass is 254 g/mol. The summed E-state index contributed by atoms with van der Waals surface area (Å²) in [6.45, 7) is 5.16. The maximum atomic E-state index is 11.3. The Morgan fingerprint density at radius 2 is 2.28 bits per heavy atom. The molecule has 0 aromatic carbocycles. The van der Waals surface area contributed by atoms with Gasteiger partial charge < -0.3 is 14.6 Å². The number of carbonyl (C=O) groups excluding carboxylic acids is 1. The molecular weight excluding hydrogens is 236 g/mol. The molecule has 1 saturated heterocycles. The molecule has 1 fully saturated rings. The van der Waals surface area contributed by atoms with E-state index < -0.39 is 0 Å². The highest BCUT2D eigenvalue weighted by Crippen LogP contribution is 2.27. The molecular formula is C11H18N4O3. The first-order valence-electron chi connectivity index (χ1n) is 5.83. The van der Waals surface area contributed by atoms with Crippen LogP contribution in [0.5, 0.6) is 0 Å². The lowest BCUT2D eigenvalue weighted by atomic mass is 9.88. The zero-order valence-electron chi connectivity index (χ0n) is 10.9. The third-order valence-electron chi connectivity index (χ3n) is 2.86. The Labute approximate surface area is 105 Å². The zero-order valence-corrected chi connectivity index (χ0v) is 10.9. The van der Waals surface area contributed by atoms with E-state index in [1.54, 1.807) is 0 Å². The molecule has 0 aliphatic carbocycles. The molecule has 0 spiro atoms. The number of rotatable bonds is 5. The Balaban J connectivity index is 1.88. The first-order chi connectivity index (χ1) is 8.52. The van der Waals surface area contributed by atoms with Crippen LogP contribution in [0, 0.1) is 5.41 Å². The van der Waals surface area contributed by atoms with Gasteiger partial charge >= 0.3 is 0 Å². The predicted molar refractivity (Wildman–Crippen MR) is 62.9 cm³/mol. The number of amides is 1. The van der Waals surface area contributed by atoms with Gasteiger partial charge in [0.15, 0.2) is 0 Å². The highest BCUT2D eigenvalue weighted by Gasteiger charge is 2.34. The van der Waals surface area contributed by atoms with Crippen LogP contribution in [0.1, 0.15) is 23.4 Å². The van der Waals surface area contributed by atoms with Crippen LogP contribution in [-0.2, 0) is 11.3 Å². The maximum absolute atomic E-state index is 11.3. The molecule has 1 N–H and O–H groups in total. The van der Waals surface area contributed by atoms with Gasteiger partial charge in [-0.25, -0.2) is 0 Å². The van der Waals surface area contributed by atoms with Crippen LogP contribution in [-0.4, -0.2) is 54.8 Å². The minimum atomic E-state index is -0.341. The topological polar surface area (TPSA) is 80.5 Å². The lowest BCUT2D eigenvalue weighted by Crippen LogP contribution is -2.47. The summed E-state index contributed by atoms with van der Waals surface area (Å²) in [6, 6.07) is 0. The second-order valence-electron chi connectivity index (χ2n) is 5.07. The van der Waals surface area contributed by atoms with Crippen LogP contribution < -0.4 is 5.32 Å². The van der Waals surface area contributed by atoms with Crippen LogP contribution in [0.15, 0.2) is 4.52 Å². The van der Waals surface area contributed by atoms with E-state index in [-0.39, 0.29) is 17.1 Å². The van der Waals surface area contributed by atoms with Crippen molar-refractivity contribution in [2.45, 2.75) is 13.5 Å². The summed E-state index contributed by atoms with van der Waals surface area (Å²) in [4.78, 5) is 17.4. The molecule has 7 heteroatoms. The van der Waals surface area contributed by atoms with Gasteiger partial charge in [-0.05, 0) is 7.05 Å². The van der Waals surface area contributed by atoms with Gasteiger partial charge in [-0.15, -0.1) is 0 Å². The summed E-state index contributed by atoms with van der Waals surface area (Å²) in [5.74, 6) is 0.172. The molecule has 0 unspecified atom stereocenters. The van der Waals surface area contributed by atoms with Crippen LogP contribution >= 0.6 is 0 Å². The smallest absolute Gasteiger partial charge is 0.292 e. The number of ether oxygens (including phenoxy) is 1. The molecule has 1 aromatic rings. The molecule has 1 aromatic heterocycles. The van der Waals surface area contributed by atoms with E-state index in [2.05, 4.69) is 27.3 Å². The van der Waals surface area contributed by atoms with Crippen molar-refractivity contribution in [3.8, 4) is 0 Å².